The normalized spacial score (nSPS) is 31.3. The van der Waals surface area contributed by atoms with E-state index in [0.29, 0.717) is 22.8 Å². The zero-order chi connectivity index (χ0) is 12.4. The van der Waals surface area contributed by atoms with Crippen molar-refractivity contribution in [2.45, 2.75) is 59.9 Å². The second-order valence-corrected chi connectivity index (χ2v) is 6.90. The average molecular weight is 226 g/mol. The minimum atomic E-state index is 0.326. The van der Waals surface area contributed by atoms with Gasteiger partial charge in [0.25, 0.3) is 0 Å². The third-order valence-electron chi connectivity index (χ3n) is 4.83. The van der Waals surface area contributed by atoms with Gasteiger partial charge in [0.15, 0.2) is 0 Å². The summed E-state index contributed by atoms with van der Waals surface area (Å²) in [4.78, 5) is 0. The fourth-order valence-electron chi connectivity index (χ4n) is 2.35. The Labute approximate surface area is 101 Å². The van der Waals surface area contributed by atoms with Gasteiger partial charge in [-0.1, -0.05) is 41.0 Å². The van der Waals surface area contributed by atoms with E-state index in [-0.39, 0.29) is 0 Å². The Balaban J connectivity index is 2.35. The summed E-state index contributed by atoms with van der Waals surface area (Å²) in [6.07, 6.45) is 3.78. The zero-order valence-electron chi connectivity index (χ0n) is 11.8. The quantitative estimate of drug-likeness (QED) is 0.756. The minimum Gasteiger partial charge on any atom is -0.327 e. The van der Waals surface area contributed by atoms with E-state index in [2.05, 4.69) is 39.9 Å². The summed E-state index contributed by atoms with van der Waals surface area (Å²) < 4.78 is 0. The summed E-state index contributed by atoms with van der Waals surface area (Å²) in [5, 5.41) is 3.64. The Morgan fingerprint density at radius 3 is 2.50 bits per heavy atom. The molecule has 2 unspecified atom stereocenters. The molecule has 0 bridgehead atoms. The smallest absolute Gasteiger partial charge is 0.0105 e. The molecule has 0 aliphatic heterocycles. The Morgan fingerprint density at radius 2 is 2.06 bits per heavy atom. The van der Waals surface area contributed by atoms with Gasteiger partial charge in [0.05, 0.1) is 0 Å². The Morgan fingerprint density at radius 1 is 1.44 bits per heavy atom. The molecule has 0 amide bonds. The van der Waals surface area contributed by atoms with E-state index in [1.807, 2.05) is 0 Å². The van der Waals surface area contributed by atoms with Crippen molar-refractivity contribution >= 4 is 0 Å². The standard InChI is InChI=1S/C14H30N2/c1-11(2)13(3,4)9-16-10-14(5)8-6-7-12(14)15/h11-12,16H,6-10,15H2,1-5H3. The van der Waals surface area contributed by atoms with Crippen molar-refractivity contribution in [3.63, 3.8) is 0 Å². The molecule has 0 saturated heterocycles. The van der Waals surface area contributed by atoms with Crippen LogP contribution in [0.25, 0.3) is 0 Å². The van der Waals surface area contributed by atoms with Crippen LogP contribution in [0.2, 0.25) is 0 Å². The second-order valence-electron chi connectivity index (χ2n) is 6.90. The summed E-state index contributed by atoms with van der Waals surface area (Å²) in [6, 6.07) is 0.391. The van der Waals surface area contributed by atoms with E-state index in [1.54, 1.807) is 0 Å². The molecular weight excluding hydrogens is 196 g/mol. The van der Waals surface area contributed by atoms with E-state index in [9.17, 15) is 0 Å². The molecule has 1 saturated carbocycles. The molecular formula is C14H30N2. The SMILES string of the molecule is CC(C)C(C)(C)CNCC1(C)CCCC1N. The molecule has 96 valence electrons. The first-order valence-electron chi connectivity index (χ1n) is 6.74. The van der Waals surface area contributed by atoms with E-state index in [0.717, 1.165) is 13.1 Å². The van der Waals surface area contributed by atoms with Gasteiger partial charge < -0.3 is 11.1 Å². The summed E-state index contributed by atoms with van der Waals surface area (Å²) in [5.74, 6) is 0.713. The summed E-state index contributed by atoms with van der Waals surface area (Å²) in [5.41, 5.74) is 6.88. The summed E-state index contributed by atoms with van der Waals surface area (Å²) >= 11 is 0. The highest BCUT2D eigenvalue weighted by molar-refractivity contribution is 4.93. The lowest BCUT2D eigenvalue weighted by Crippen LogP contribution is -2.45. The van der Waals surface area contributed by atoms with Gasteiger partial charge in [-0.05, 0) is 29.6 Å². The van der Waals surface area contributed by atoms with E-state index >= 15 is 0 Å². The average Bonchev–Trinajstić information content (AvgIpc) is 2.46. The molecule has 2 heteroatoms. The predicted molar refractivity (Wildman–Crippen MR) is 71.4 cm³/mol. The molecule has 0 spiro atoms. The predicted octanol–water partition coefficient (Wildman–Crippen LogP) is 2.78. The summed E-state index contributed by atoms with van der Waals surface area (Å²) in [6.45, 7) is 13.8. The maximum absolute atomic E-state index is 6.18. The van der Waals surface area contributed by atoms with Crippen molar-refractivity contribution in [1.29, 1.82) is 0 Å². The van der Waals surface area contributed by atoms with E-state index in [4.69, 9.17) is 5.73 Å². The molecule has 1 aliphatic carbocycles. The fourth-order valence-corrected chi connectivity index (χ4v) is 2.35. The highest BCUT2D eigenvalue weighted by Gasteiger charge is 2.36. The number of hydrogen-bond acceptors (Lipinski definition) is 2. The topological polar surface area (TPSA) is 38.0 Å². The number of hydrogen-bond donors (Lipinski definition) is 2. The first kappa shape index (κ1) is 14.0. The van der Waals surface area contributed by atoms with Crippen LogP contribution in [0.15, 0.2) is 0 Å². The number of rotatable bonds is 5. The Bertz CT molecular complexity index is 223. The maximum atomic E-state index is 6.18. The lowest BCUT2D eigenvalue weighted by molar-refractivity contribution is 0.209. The van der Waals surface area contributed by atoms with Gasteiger partial charge in [0.2, 0.25) is 0 Å². The van der Waals surface area contributed by atoms with Gasteiger partial charge in [-0.25, -0.2) is 0 Å². The third kappa shape index (κ3) is 3.21. The lowest BCUT2D eigenvalue weighted by Gasteiger charge is -2.34. The molecule has 1 fully saturated rings. The van der Waals surface area contributed by atoms with Gasteiger partial charge in [-0.15, -0.1) is 0 Å². The Hall–Kier alpha value is -0.0800. The molecule has 0 aromatic carbocycles. The van der Waals surface area contributed by atoms with Crippen LogP contribution >= 0.6 is 0 Å². The third-order valence-corrected chi connectivity index (χ3v) is 4.83. The molecule has 0 aromatic rings. The second kappa shape index (κ2) is 5.05. The van der Waals surface area contributed by atoms with Crippen LogP contribution in [0.3, 0.4) is 0 Å². The zero-order valence-corrected chi connectivity index (χ0v) is 11.8. The van der Waals surface area contributed by atoms with Crippen LogP contribution in [0.4, 0.5) is 0 Å². The lowest BCUT2D eigenvalue weighted by atomic mass is 9.80. The van der Waals surface area contributed by atoms with E-state index in [1.165, 1.54) is 19.3 Å². The van der Waals surface area contributed by atoms with Gasteiger partial charge in [-0.3, -0.25) is 0 Å². The van der Waals surface area contributed by atoms with Crippen molar-refractivity contribution in [2.75, 3.05) is 13.1 Å². The van der Waals surface area contributed by atoms with Crippen LogP contribution in [-0.4, -0.2) is 19.1 Å². The van der Waals surface area contributed by atoms with Crippen LogP contribution in [-0.2, 0) is 0 Å². The van der Waals surface area contributed by atoms with Crippen molar-refractivity contribution in [1.82, 2.24) is 5.32 Å². The minimum absolute atomic E-state index is 0.326. The first-order valence-corrected chi connectivity index (χ1v) is 6.74. The van der Waals surface area contributed by atoms with Crippen molar-refractivity contribution in [3.8, 4) is 0 Å². The molecule has 0 aromatic heterocycles. The fraction of sp³-hybridized carbons (Fsp3) is 1.00. The molecule has 2 atom stereocenters. The monoisotopic (exact) mass is 226 g/mol. The van der Waals surface area contributed by atoms with Crippen molar-refractivity contribution in [3.05, 3.63) is 0 Å². The van der Waals surface area contributed by atoms with Crippen LogP contribution < -0.4 is 11.1 Å². The van der Waals surface area contributed by atoms with Gasteiger partial charge in [0.1, 0.15) is 0 Å². The van der Waals surface area contributed by atoms with Crippen LogP contribution in [0, 0.1) is 16.7 Å². The molecule has 1 aliphatic rings. The van der Waals surface area contributed by atoms with E-state index < -0.39 is 0 Å². The van der Waals surface area contributed by atoms with Crippen LogP contribution in [0.5, 0.6) is 0 Å². The first-order chi connectivity index (χ1) is 7.28. The van der Waals surface area contributed by atoms with Crippen molar-refractivity contribution < 1.29 is 0 Å². The number of nitrogens with one attached hydrogen (secondary N) is 1. The highest BCUT2D eigenvalue weighted by Crippen LogP contribution is 2.36. The van der Waals surface area contributed by atoms with Crippen LogP contribution in [0.1, 0.15) is 53.9 Å². The molecule has 2 nitrogen and oxygen atoms in total. The summed E-state index contributed by atoms with van der Waals surface area (Å²) in [7, 11) is 0. The molecule has 0 radical (unpaired) electrons. The Kier molecular flexibility index (Phi) is 4.42. The highest BCUT2D eigenvalue weighted by atomic mass is 14.9. The van der Waals surface area contributed by atoms with Gasteiger partial charge >= 0.3 is 0 Å². The molecule has 16 heavy (non-hydrogen) atoms. The number of nitrogens with two attached hydrogens (primary N) is 1. The molecule has 1 rings (SSSR count). The molecule has 0 heterocycles. The molecule has 3 N–H and O–H groups in total. The largest absolute Gasteiger partial charge is 0.327 e. The van der Waals surface area contributed by atoms with Gasteiger partial charge in [-0.2, -0.15) is 0 Å². The maximum Gasteiger partial charge on any atom is 0.0105 e. The van der Waals surface area contributed by atoms with Gasteiger partial charge in [0, 0.05) is 19.1 Å². The van der Waals surface area contributed by atoms with Crippen molar-refractivity contribution in [2.24, 2.45) is 22.5 Å².